The van der Waals surface area contributed by atoms with Crippen molar-refractivity contribution >= 4 is 5.69 Å². The number of rotatable bonds is 5. The van der Waals surface area contributed by atoms with Gasteiger partial charge in [-0.25, -0.2) is 0 Å². The maximum Gasteiger partial charge on any atom is 0.116 e. The van der Waals surface area contributed by atoms with Crippen LogP contribution in [0.3, 0.4) is 0 Å². The van der Waals surface area contributed by atoms with Crippen molar-refractivity contribution in [1.82, 2.24) is 4.98 Å². The van der Waals surface area contributed by atoms with Gasteiger partial charge in [0, 0.05) is 18.0 Å². The number of nitrogens with zero attached hydrogens (tertiary/aromatic N) is 1. The van der Waals surface area contributed by atoms with E-state index in [1.807, 2.05) is 42.5 Å². The van der Waals surface area contributed by atoms with Crippen LogP contribution in [0.5, 0.6) is 5.75 Å². The van der Waals surface area contributed by atoms with Crippen molar-refractivity contribution in [1.29, 1.82) is 0 Å². The van der Waals surface area contributed by atoms with Gasteiger partial charge in [-0.15, -0.1) is 0 Å². The van der Waals surface area contributed by atoms with Crippen LogP contribution >= 0.6 is 0 Å². The molecule has 0 bridgehead atoms. The predicted octanol–water partition coefficient (Wildman–Crippen LogP) is 3.60. The number of aromatic nitrogens is 1. The number of benzene rings is 2. The summed E-state index contributed by atoms with van der Waals surface area (Å²) < 4.78 is 0. The minimum Gasteiger partial charge on any atom is -0.508 e. The van der Waals surface area contributed by atoms with Gasteiger partial charge in [-0.2, -0.15) is 0 Å². The molecule has 0 aliphatic carbocycles. The van der Waals surface area contributed by atoms with Gasteiger partial charge in [0.05, 0.1) is 18.3 Å². The summed E-state index contributed by atoms with van der Waals surface area (Å²) in [6.07, 6.45) is 3.47. The summed E-state index contributed by atoms with van der Waals surface area (Å²) in [7, 11) is 0. The van der Waals surface area contributed by atoms with E-state index in [1.165, 1.54) is 0 Å². The number of pyridine rings is 1. The number of phenols is 1. The fraction of sp³-hybridized carbons (Fsp3) is 0.105. The molecule has 4 heteroatoms. The Bertz CT molecular complexity index is 775. The van der Waals surface area contributed by atoms with E-state index in [4.69, 9.17) is 0 Å². The van der Waals surface area contributed by atoms with Crippen LogP contribution in [0.1, 0.15) is 11.6 Å². The first-order valence-corrected chi connectivity index (χ1v) is 7.43. The van der Waals surface area contributed by atoms with Gasteiger partial charge in [0.1, 0.15) is 5.75 Å². The third-order valence-electron chi connectivity index (χ3n) is 3.64. The Morgan fingerprint density at radius 2 is 1.74 bits per heavy atom. The van der Waals surface area contributed by atoms with Gasteiger partial charge in [-0.3, -0.25) is 4.98 Å². The molecule has 0 radical (unpaired) electrons. The van der Waals surface area contributed by atoms with Crippen LogP contribution in [-0.2, 0) is 0 Å². The number of hydrogen-bond donors (Lipinski definition) is 3. The monoisotopic (exact) mass is 306 g/mol. The van der Waals surface area contributed by atoms with E-state index in [2.05, 4.69) is 10.3 Å². The fourth-order valence-corrected chi connectivity index (χ4v) is 2.48. The molecule has 2 aromatic carbocycles. The fourth-order valence-electron chi connectivity index (χ4n) is 2.48. The van der Waals surface area contributed by atoms with E-state index in [1.54, 1.807) is 30.6 Å². The molecule has 1 unspecified atom stereocenters. The Morgan fingerprint density at radius 3 is 2.48 bits per heavy atom. The van der Waals surface area contributed by atoms with Crippen molar-refractivity contribution in [3.8, 4) is 16.9 Å². The summed E-state index contributed by atoms with van der Waals surface area (Å²) in [5.74, 6) is 0.221. The standard InChI is InChI=1S/C19H18N2O2/c22-13-19(14-5-2-1-3-6-14)21-17-9-16(11-20-12-17)15-7-4-8-18(23)10-15/h1-12,19,21-23H,13H2. The van der Waals surface area contributed by atoms with Crippen LogP contribution < -0.4 is 5.32 Å². The molecule has 3 rings (SSSR count). The molecule has 23 heavy (non-hydrogen) atoms. The van der Waals surface area contributed by atoms with Gasteiger partial charge < -0.3 is 15.5 Å². The lowest BCUT2D eigenvalue weighted by Gasteiger charge is -2.18. The number of phenolic OH excluding ortho intramolecular Hbond substituents is 1. The zero-order chi connectivity index (χ0) is 16.1. The van der Waals surface area contributed by atoms with Crippen molar-refractivity contribution in [3.63, 3.8) is 0 Å². The minimum absolute atomic E-state index is 0.0135. The van der Waals surface area contributed by atoms with E-state index >= 15 is 0 Å². The number of nitrogens with one attached hydrogen (secondary N) is 1. The highest BCUT2D eigenvalue weighted by molar-refractivity contribution is 5.68. The van der Waals surface area contributed by atoms with Crippen LogP contribution in [0.2, 0.25) is 0 Å². The van der Waals surface area contributed by atoms with Crippen LogP contribution in [0.25, 0.3) is 11.1 Å². The molecule has 1 heterocycles. The van der Waals surface area contributed by atoms with Crippen molar-refractivity contribution in [3.05, 3.63) is 78.6 Å². The van der Waals surface area contributed by atoms with Gasteiger partial charge in [-0.05, 0) is 29.3 Å². The Labute approximate surface area is 135 Å². The number of hydrogen-bond acceptors (Lipinski definition) is 4. The van der Waals surface area contributed by atoms with Crippen LogP contribution in [0.4, 0.5) is 5.69 Å². The van der Waals surface area contributed by atoms with E-state index in [-0.39, 0.29) is 18.4 Å². The number of anilines is 1. The smallest absolute Gasteiger partial charge is 0.116 e. The number of aliphatic hydroxyl groups is 1. The number of aliphatic hydroxyl groups excluding tert-OH is 1. The molecule has 0 saturated heterocycles. The van der Waals surface area contributed by atoms with Gasteiger partial charge in [-0.1, -0.05) is 42.5 Å². The molecule has 0 spiro atoms. The average Bonchev–Trinajstić information content (AvgIpc) is 2.61. The number of aromatic hydroxyl groups is 1. The van der Waals surface area contributed by atoms with Gasteiger partial charge in [0.15, 0.2) is 0 Å². The minimum atomic E-state index is -0.197. The lowest BCUT2D eigenvalue weighted by atomic mass is 10.1. The van der Waals surface area contributed by atoms with Gasteiger partial charge in [0.2, 0.25) is 0 Å². The highest BCUT2D eigenvalue weighted by Gasteiger charge is 2.10. The van der Waals surface area contributed by atoms with Crippen LogP contribution in [0.15, 0.2) is 73.1 Å². The summed E-state index contributed by atoms with van der Waals surface area (Å²) in [5, 5.41) is 22.5. The normalized spacial score (nSPS) is 11.9. The highest BCUT2D eigenvalue weighted by Crippen LogP contribution is 2.26. The molecule has 1 aromatic heterocycles. The molecule has 1 atom stereocenters. The molecule has 0 aliphatic rings. The van der Waals surface area contributed by atoms with Crippen LogP contribution in [0, 0.1) is 0 Å². The second-order valence-electron chi connectivity index (χ2n) is 5.30. The third-order valence-corrected chi connectivity index (χ3v) is 3.64. The molecule has 116 valence electrons. The third kappa shape index (κ3) is 3.67. The summed E-state index contributed by atoms with van der Waals surface area (Å²) in [6, 6.07) is 18.6. The second kappa shape index (κ2) is 6.94. The maximum atomic E-state index is 9.65. The van der Waals surface area contributed by atoms with Crippen molar-refractivity contribution in [2.45, 2.75) is 6.04 Å². The highest BCUT2D eigenvalue weighted by atomic mass is 16.3. The van der Waals surface area contributed by atoms with Gasteiger partial charge >= 0.3 is 0 Å². The average molecular weight is 306 g/mol. The van der Waals surface area contributed by atoms with Crippen molar-refractivity contribution in [2.75, 3.05) is 11.9 Å². The van der Waals surface area contributed by atoms with E-state index < -0.39 is 0 Å². The van der Waals surface area contributed by atoms with E-state index in [9.17, 15) is 10.2 Å². The Morgan fingerprint density at radius 1 is 0.913 bits per heavy atom. The molecule has 0 aliphatic heterocycles. The molecule has 0 amide bonds. The summed E-state index contributed by atoms with van der Waals surface area (Å²) in [5.41, 5.74) is 3.61. The first-order valence-electron chi connectivity index (χ1n) is 7.43. The molecule has 3 N–H and O–H groups in total. The SMILES string of the molecule is OCC(Nc1cncc(-c2cccc(O)c2)c1)c1ccccc1. The first-order chi connectivity index (χ1) is 11.3. The molecule has 0 fully saturated rings. The van der Waals surface area contributed by atoms with Crippen molar-refractivity contribution in [2.24, 2.45) is 0 Å². The van der Waals surface area contributed by atoms with Crippen molar-refractivity contribution < 1.29 is 10.2 Å². The summed E-state index contributed by atoms with van der Waals surface area (Å²) in [6.45, 7) is -0.0135. The predicted molar refractivity (Wildman–Crippen MR) is 91.2 cm³/mol. The first kappa shape index (κ1) is 15.1. The Balaban J connectivity index is 1.85. The lowest BCUT2D eigenvalue weighted by molar-refractivity contribution is 0.276. The van der Waals surface area contributed by atoms with E-state index in [0.717, 1.165) is 22.4 Å². The second-order valence-corrected chi connectivity index (χ2v) is 5.30. The quantitative estimate of drug-likeness (QED) is 0.674. The molecule has 3 aromatic rings. The Hall–Kier alpha value is -2.85. The maximum absolute atomic E-state index is 9.65. The summed E-state index contributed by atoms with van der Waals surface area (Å²) in [4.78, 5) is 4.25. The zero-order valence-corrected chi connectivity index (χ0v) is 12.6. The van der Waals surface area contributed by atoms with Gasteiger partial charge in [0.25, 0.3) is 0 Å². The lowest BCUT2D eigenvalue weighted by Crippen LogP contribution is -2.14. The molecule has 4 nitrogen and oxygen atoms in total. The summed E-state index contributed by atoms with van der Waals surface area (Å²) >= 11 is 0. The van der Waals surface area contributed by atoms with E-state index in [0.29, 0.717) is 0 Å². The molecular formula is C19H18N2O2. The topological polar surface area (TPSA) is 65.4 Å². The zero-order valence-electron chi connectivity index (χ0n) is 12.6. The largest absolute Gasteiger partial charge is 0.508 e. The Kier molecular flexibility index (Phi) is 4.54. The molecule has 0 saturated carbocycles. The molecular weight excluding hydrogens is 288 g/mol. The van der Waals surface area contributed by atoms with Crippen LogP contribution in [-0.4, -0.2) is 21.8 Å².